The SMILES string of the molecule is COc1cccc(C(=O)N2CCN(C(=O)/C=C/c3cc4ccccc4o3)CC2)c1. The highest BCUT2D eigenvalue weighted by Gasteiger charge is 2.24. The van der Waals surface area contributed by atoms with Gasteiger partial charge < -0.3 is 19.0 Å². The summed E-state index contributed by atoms with van der Waals surface area (Å²) in [4.78, 5) is 28.7. The maximum atomic E-state index is 12.7. The lowest BCUT2D eigenvalue weighted by Gasteiger charge is -2.34. The van der Waals surface area contributed by atoms with Gasteiger partial charge in [-0.1, -0.05) is 24.3 Å². The predicted octanol–water partition coefficient (Wildman–Crippen LogP) is 3.44. The molecule has 1 aliphatic heterocycles. The number of nitrogens with zero attached hydrogens (tertiary/aromatic N) is 2. The topological polar surface area (TPSA) is 63.0 Å². The van der Waals surface area contributed by atoms with E-state index in [0.29, 0.717) is 43.3 Å². The Balaban J connectivity index is 1.35. The molecule has 1 fully saturated rings. The van der Waals surface area contributed by atoms with Gasteiger partial charge in [0.25, 0.3) is 5.91 Å². The van der Waals surface area contributed by atoms with E-state index in [0.717, 1.165) is 11.0 Å². The van der Waals surface area contributed by atoms with Crippen molar-refractivity contribution in [3.8, 4) is 5.75 Å². The third kappa shape index (κ3) is 4.16. The van der Waals surface area contributed by atoms with Gasteiger partial charge in [-0.05, 0) is 36.4 Å². The highest BCUT2D eigenvalue weighted by atomic mass is 16.5. The van der Waals surface area contributed by atoms with Crippen molar-refractivity contribution in [2.45, 2.75) is 0 Å². The number of fused-ring (bicyclic) bond motifs is 1. The number of rotatable bonds is 4. The average molecular weight is 390 g/mol. The standard InChI is InChI=1S/C23H22N2O4/c1-28-19-7-4-6-18(16-19)23(27)25-13-11-24(12-14-25)22(26)10-9-20-15-17-5-2-3-8-21(17)29-20/h2-10,15-16H,11-14H2,1H3/b10-9+. The number of ether oxygens (including phenoxy) is 1. The number of carbonyl (C=O) groups is 2. The third-order valence-corrected chi connectivity index (χ3v) is 5.03. The first-order valence-corrected chi connectivity index (χ1v) is 9.53. The van der Waals surface area contributed by atoms with E-state index in [1.807, 2.05) is 36.4 Å². The molecule has 2 heterocycles. The molecule has 1 aliphatic rings. The maximum Gasteiger partial charge on any atom is 0.254 e. The van der Waals surface area contributed by atoms with Crippen molar-refractivity contribution in [2.75, 3.05) is 33.3 Å². The normalized spacial score (nSPS) is 14.5. The number of methoxy groups -OCH3 is 1. The summed E-state index contributed by atoms with van der Waals surface area (Å²) in [6, 6.07) is 16.7. The quantitative estimate of drug-likeness (QED) is 0.640. The van der Waals surface area contributed by atoms with E-state index in [1.165, 1.54) is 6.08 Å². The highest BCUT2D eigenvalue weighted by Crippen LogP contribution is 2.20. The molecule has 6 heteroatoms. The van der Waals surface area contributed by atoms with Crippen LogP contribution in [0.2, 0.25) is 0 Å². The van der Waals surface area contributed by atoms with Crippen LogP contribution in [-0.4, -0.2) is 54.9 Å². The highest BCUT2D eigenvalue weighted by molar-refractivity contribution is 5.95. The molecule has 2 amide bonds. The molecule has 0 aliphatic carbocycles. The number of hydrogen-bond acceptors (Lipinski definition) is 4. The second kappa shape index (κ2) is 8.22. The second-order valence-corrected chi connectivity index (χ2v) is 6.87. The van der Waals surface area contributed by atoms with Gasteiger partial charge in [-0.2, -0.15) is 0 Å². The summed E-state index contributed by atoms with van der Waals surface area (Å²) in [5.41, 5.74) is 1.39. The van der Waals surface area contributed by atoms with E-state index in [1.54, 1.807) is 41.2 Å². The smallest absolute Gasteiger partial charge is 0.254 e. The molecule has 29 heavy (non-hydrogen) atoms. The summed E-state index contributed by atoms with van der Waals surface area (Å²) < 4.78 is 10.9. The lowest BCUT2D eigenvalue weighted by Crippen LogP contribution is -2.50. The first-order chi connectivity index (χ1) is 14.1. The van der Waals surface area contributed by atoms with Gasteiger partial charge in [-0.3, -0.25) is 9.59 Å². The molecule has 4 rings (SSSR count). The number of amides is 2. The number of piperazine rings is 1. The van der Waals surface area contributed by atoms with Gasteiger partial charge in [-0.25, -0.2) is 0 Å². The van der Waals surface area contributed by atoms with Gasteiger partial charge in [0, 0.05) is 43.2 Å². The van der Waals surface area contributed by atoms with Crippen molar-refractivity contribution in [3.05, 3.63) is 72.0 Å². The zero-order chi connectivity index (χ0) is 20.2. The van der Waals surface area contributed by atoms with Gasteiger partial charge in [0.15, 0.2) is 0 Å². The van der Waals surface area contributed by atoms with Crippen LogP contribution in [0, 0.1) is 0 Å². The molecule has 0 unspecified atom stereocenters. The molecule has 0 N–H and O–H groups in total. The minimum Gasteiger partial charge on any atom is -0.497 e. The summed E-state index contributed by atoms with van der Waals surface area (Å²) in [6.45, 7) is 2.00. The van der Waals surface area contributed by atoms with Gasteiger partial charge in [0.1, 0.15) is 17.1 Å². The molecule has 0 bridgehead atoms. The lowest BCUT2D eigenvalue weighted by atomic mass is 10.1. The molecular formula is C23H22N2O4. The molecule has 0 atom stereocenters. The summed E-state index contributed by atoms with van der Waals surface area (Å²) in [7, 11) is 1.58. The van der Waals surface area contributed by atoms with Crippen molar-refractivity contribution < 1.29 is 18.7 Å². The Morgan fingerprint density at radius 1 is 0.966 bits per heavy atom. The fraction of sp³-hybridized carbons (Fsp3) is 0.217. The predicted molar refractivity (Wildman–Crippen MR) is 111 cm³/mol. The first kappa shape index (κ1) is 18.8. The molecule has 1 aromatic heterocycles. The summed E-state index contributed by atoms with van der Waals surface area (Å²) in [6.07, 6.45) is 3.22. The van der Waals surface area contributed by atoms with Gasteiger partial charge >= 0.3 is 0 Å². The van der Waals surface area contributed by atoms with Crippen LogP contribution in [0.25, 0.3) is 17.0 Å². The summed E-state index contributed by atoms with van der Waals surface area (Å²) in [5.74, 6) is 1.17. The van der Waals surface area contributed by atoms with Crippen molar-refractivity contribution in [3.63, 3.8) is 0 Å². The Labute approximate surface area is 169 Å². The molecule has 0 saturated carbocycles. The van der Waals surface area contributed by atoms with Crippen molar-refractivity contribution >= 4 is 28.9 Å². The average Bonchev–Trinajstić information content (AvgIpc) is 3.20. The summed E-state index contributed by atoms with van der Waals surface area (Å²) >= 11 is 0. The van der Waals surface area contributed by atoms with Crippen LogP contribution in [0.3, 0.4) is 0 Å². The van der Waals surface area contributed by atoms with Gasteiger partial charge in [0.2, 0.25) is 5.91 Å². The van der Waals surface area contributed by atoms with Crippen molar-refractivity contribution in [1.82, 2.24) is 9.80 Å². The minimum absolute atomic E-state index is 0.0474. The van der Waals surface area contributed by atoms with Crippen LogP contribution in [-0.2, 0) is 4.79 Å². The molecule has 0 spiro atoms. The molecule has 1 saturated heterocycles. The van der Waals surface area contributed by atoms with Gasteiger partial charge in [-0.15, -0.1) is 0 Å². The monoisotopic (exact) mass is 390 g/mol. The van der Waals surface area contributed by atoms with Crippen LogP contribution in [0.5, 0.6) is 5.75 Å². The van der Waals surface area contributed by atoms with E-state index in [2.05, 4.69) is 0 Å². The van der Waals surface area contributed by atoms with Crippen molar-refractivity contribution in [1.29, 1.82) is 0 Å². The van der Waals surface area contributed by atoms with Crippen LogP contribution in [0.4, 0.5) is 0 Å². The Kier molecular flexibility index (Phi) is 5.33. The molecule has 0 radical (unpaired) electrons. The summed E-state index contributed by atoms with van der Waals surface area (Å²) in [5, 5.41) is 1.00. The molecule has 6 nitrogen and oxygen atoms in total. The number of para-hydroxylation sites is 1. The van der Waals surface area contributed by atoms with E-state index in [4.69, 9.17) is 9.15 Å². The Morgan fingerprint density at radius 3 is 2.48 bits per heavy atom. The Hall–Kier alpha value is -3.54. The van der Waals surface area contributed by atoms with Crippen molar-refractivity contribution in [2.24, 2.45) is 0 Å². The van der Waals surface area contributed by atoms with Crippen LogP contribution in [0.1, 0.15) is 16.1 Å². The fourth-order valence-electron chi connectivity index (χ4n) is 3.41. The van der Waals surface area contributed by atoms with Gasteiger partial charge in [0.05, 0.1) is 7.11 Å². The zero-order valence-corrected chi connectivity index (χ0v) is 16.2. The zero-order valence-electron chi connectivity index (χ0n) is 16.2. The minimum atomic E-state index is -0.0843. The molecule has 148 valence electrons. The Morgan fingerprint density at radius 2 is 1.72 bits per heavy atom. The van der Waals surface area contributed by atoms with Crippen LogP contribution < -0.4 is 4.74 Å². The number of hydrogen-bond donors (Lipinski definition) is 0. The van der Waals surface area contributed by atoms with Crippen LogP contribution in [0.15, 0.2) is 65.1 Å². The molecular weight excluding hydrogens is 368 g/mol. The second-order valence-electron chi connectivity index (χ2n) is 6.87. The maximum absolute atomic E-state index is 12.7. The molecule has 3 aromatic rings. The number of benzene rings is 2. The molecule has 2 aromatic carbocycles. The fourth-order valence-corrected chi connectivity index (χ4v) is 3.41. The number of carbonyl (C=O) groups excluding carboxylic acids is 2. The Bertz CT molecular complexity index is 1030. The van der Waals surface area contributed by atoms with E-state index in [9.17, 15) is 9.59 Å². The van der Waals surface area contributed by atoms with E-state index < -0.39 is 0 Å². The third-order valence-electron chi connectivity index (χ3n) is 5.03. The van der Waals surface area contributed by atoms with Crippen LogP contribution >= 0.6 is 0 Å². The first-order valence-electron chi connectivity index (χ1n) is 9.53. The largest absolute Gasteiger partial charge is 0.497 e. The van der Waals surface area contributed by atoms with E-state index >= 15 is 0 Å². The lowest BCUT2D eigenvalue weighted by molar-refractivity contribution is -0.127. The van der Waals surface area contributed by atoms with E-state index in [-0.39, 0.29) is 11.8 Å². The number of furan rings is 1.